The molecule has 0 spiro atoms. The number of fused-ring (bicyclic) bond motifs is 1. The zero-order chi connectivity index (χ0) is 9.59. The van der Waals surface area contributed by atoms with Gasteiger partial charge in [-0.05, 0) is 13.8 Å². The van der Waals surface area contributed by atoms with E-state index in [4.69, 9.17) is 0 Å². The minimum absolute atomic E-state index is 0.307. The Morgan fingerprint density at radius 2 is 1.92 bits per heavy atom. The van der Waals surface area contributed by atoms with Gasteiger partial charge in [-0.1, -0.05) is 0 Å². The minimum Gasteiger partial charge on any atom is -0.266 e. The molecule has 0 aliphatic heterocycles. The molecule has 2 aromatic rings. The number of nitrogens with one attached hydrogen (secondary N) is 2. The number of aromatic nitrogens is 4. The summed E-state index contributed by atoms with van der Waals surface area (Å²) in [5.74, 6) is 0. The van der Waals surface area contributed by atoms with Gasteiger partial charge in [0, 0.05) is 5.56 Å². The molecular weight excluding hydrogens is 172 g/mol. The molecule has 2 heterocycles. The molecule has 13 heavy (non-hydrogen) atoms. The summed E-state index contributed by atoms with van der Waals surface area (Å²) in [6.45, 7) is 3.51. The molecule has 2 rings (SSSR count). The summed E-state index contributed by atoms with van der Waals surface area (Å²) < 4.78 is 1.07. The molecule has 0 saturated carbocycles. The average Bonchev–Trinajstić information content (AvgIpc) is 2.38. The smallest absolute Gasteiger partial charge is 0.266 e. The standard InChI is InChI=1S/C7H8N4O2/c1-3-4(2)10-11-5(3)6(12)8-9-7(11)13/h1-2H3,(H,8,12)(H,9,13). The van der Waals surface area contributed by atoms with Crippen molar-refractivity contribution in [1.82, 2.24) is 19.8 Å². The van der Waals surface area contributed by atoms with Gasteiger partial charge in [0.25, 0.3) is 5.56 Å². The van der Waals surface area contributed by atoms with Gasteiger partial charge in [0.15, 0.2) is 0 Å². The number of rotatable bonds is 0. The number of aromatic amines is 2. The van der Waals surface area contributed by atoms with Crippen LogP contribution in [0.1, 0.15) is 11.3 Å². The predicted octanol–water partition coefficient (Wildman–Crippen LogP) is -0.672. The molecule has 68 valence electrons. The van der Waals surface area contributed by atoms with Crippen molar-refractivity contribution >= 4 is 5.52 Å². The van der Waals surface area contributed by atoms with Crippen LogP contribution in [0.15, 0.2) is 9.59 Å². The van der Waals surface area contributed by atoms with E-state index in [-0.39, 0.29) is 5.56 Å². The van der Waals surface area contributed by atoms with Gasteiger partial charge in [0.2, 0.25) is 0 Å². The third kappa shape index (κ3) is 0.915. The molecular formula is C7H8N4O2. The maximum absolute atomic E-state index is 11.3. The maximum Gasteiger partial charge on any atom is 0.361 e. The Labute approximate surface area is 72.2 Å². The van der Waals surface area contributed by atoms with E-state index in [2.05, 4.69) is 15.3 Å². The number of nitrogens with zero attached hydrogens (tertiary/aromatic N) is 2. The Bertz CT molecular complexity index is 574. The fourth-order valence-electron chi connectivity index (χ4n) is 1.24. The van der Waals surface area contributed by atoms with E-state index in [0.29, 0.717) is 11.2 Å². The summed E-state index contributed by atoms with van der Waals surface area (Å²) in [4.78, 5) is 22.4. The van der Waals surface area contributed by atoms with Crippen LogP contribution in [-0.4, -0.2) is 19.8 Å². The molecule has 0 atom stereocenters. The van der Waals surface area contributed by atoms with E-state index in [9.17, 15) is 9.59 Å². The molecule has 0 aromatic carbocycles. The first-order valence-electron chi connectivity index (χ1n) is 3.78. The second kappa shape index (κ2) is 2.32. The molecule has 0 bridgehead atoms. The summed E-state index contributed by atoms with van der Waals surface area (Å²) in [5.41, 5.74) is 0.944. The highest BCUT2D eigenvalue weighted by Crippen LogP contribution is 2.06. The molecule has 0 unspecified atom stereocenters. The molecule has 0 aliphatic carbocycles. The van der Waals surface area contributed by atoms with Crippen LogP contribution in [0, 0.1) is 13.8 Å². The summed E-state index contributed by atoms with van der Waals surface area (Å²) in [7, 11) is 0. The van der Waals surface area contributed by atoms with Crippen molar-refractivity contribution in [2.75, 3.05) is 0 Å². The Morgan fingerprint density at radius 1 is 1.23 bits per heavy atom. The van der Waals surface area contributed by atoms with Crippen molar-refractivity contribution in [2.24, 2.45) is 0 Å². The van der Waals surface area contributed by atoms with Crippen molar-refractivity contribution in [3.8, 4) is 0 Å². The molecule has 0 aliphatic rings. The lowest BCUT2D eigenvalue weighted by Gasteiger charge is -1.89. The second-order valence-electron chi connectivity index (χ2n) is 2.86. The zero-order valence-electron chi connectivity index (χ0n) is 7.21. The molecule has 0 fully saturated rings. The Kier molecular flexibility index (Phi) is 1.39. The van der Waals surface area contributed by atoms with E-state index in [1.54, 1.807) is 13.8 Å². The van der Waals surface area contributed by atoms with Gasteiger partial charge in [-0.15, -0.1) is 0 Å². The molecule has 2 N–H and O–H groups in total. The van der Waals surface area contributed by atoms with Crippen LogP contribution >= 0.6 is 0 Å². The Morgan fingerprint density at radius 3 is 2.54 bits per heavy atom. The Hall–Kier alpha value is -1.85. The van der Waals surface area contributed by atoms with E-state index < -0.39 is 5.69 Å². The van der Waals surface area contributed by atoms with E-state index in [1.165, 1.54) is 0 Å². The van der Waals surface area contributed by atoms with Crippen molar-refractivity contribution < 1.29 is 0 Å². The third-order valence-electron chi connectivity index (χ3n) is 2.05. The third-order valence-corrected chi connectivity index (χ3v) is 2.05. The lowest BCUT2D eigenvalue weighted by Crippen LogP contribution is -2.26. The first kappa shape index (κ1) is 7.78. The maximum atomic E-state index is 11.3. The van der Waals surface area contributed by atoms with Crippen LogP contribution < -0.4 is 11.2 Å². The molecule has 2 aromatic heterocycles. The lowest BCUT2D eigenvalue weighted by molar-refractivity contribution is 0.788. The van der Waals surface area contributed by atoms with Crippen molar-refractivity contribution in [3.05, 3.63) is 32.1 Å². The monoisotopic (exact) mass is 180 g/mol. The number of H-pyrrole nitrogens is 2. The van der Waals surface area contributed by atoms with E-state index in [1.807, 2.05) is 0 Å². The fourth-order valence-corrected chi connectivity index (χ4v) is 1.24. The van der Waals surface area contributed by atoms with E-state index in [0.717, 1.165) is 10.1 Å². The van der Waals surface area contributed by atoms with Crippen molar-refractivity contribution in [3.63, 3.8) is 0 Å². The predicted molar refractivity (Wildman–Crippen MR) is 45.9 cm³/mol. The SMILES string of the molecule is Cc1nn2c(=O)[nH][nH]c(=O)c2c1C. The number of hydrogen-bond donors (Lipinski definition) is 2. The average molecular weight is 180 g/mol. The quantitative estimate of drug-likeness (QED) is 0.563. The zero-order valence-corrected chi connectivity index (χ0v) is 7.21. The summed E-state index contributed by atoms with van der Waals surface area (Å²) in [6, 6.07) is 0. The second-order valence-corrected chi connectivity index (χ2v) is 2.86. The van der Waals surface area contributed by atoms with Crippen LogP contribution in [0.4, 0.5) is 0 Å². The lowest BCUT2D eigenvalue weighted by atomic mass is 10.2. The van der Waals surface area contributed by atoms with Gasteiger partial charge in [-0.2, -0.15) is 9.61 Å². The van der Waals surface area contributed by atoms with Crippen LogP contribution in [-0.2, 0) is 0 Å². The first-order chi connectivity index (χ1) is 6.11. The topological polar surface area (TPSA) is 83.0 Å². The molecule has 0 saturated heterocycles. The molecule has 6 heteroatoms. The van der Waals surface area contributed by atoms with Gasteiger partial charge in [0.1, 0.15) is 5.52 Å². The van der Waals surface area contributed by atoms with Gasteiger partial charge in [0.05, 0.1) is 5.69 Å². The van der Waals surface area contributed by atoms with Crippen LogP contribution in [0.25, 0.3) is 5.52 Å². The molecule has 0 amide bonds. The largest absolute Gasteiger partial charge is 0.361 e. The normalized spacial score (nSPS) is 10.9. The highest BCUT2D eigenvalue weighted by atomic mass is 16.2. The van der Waals surface area contributed by atoms with E-state index >= 15 is 0 Å². The summed E-state index contributed by atoms with van der Waals surface area (Å²) in [5, 5.41) is 8.36. The summed E-state index contributed by atoms with van der Waals surface area (Å²) in [6.07, 6.45) is 0. The Balaban J connectivity index is 3.19. The highest BCUT2D eigenvalue weighted by Gasteiger charge is 2.09. The van der Waals surface area contributed by atoms with Gasteiger partial charge < -0.3 is 0 Å². The van der Waals surface area contributed by atoms with Crippen LogP contribution in [0.3, 0.4) is 0 Å². The minimum atomic E-state index is -0.439. The van der Waals surface area contributed by atoms with Crippen molar-refractivity contribution in [1.29, 1.82) is 0 Å². The van der Waals surface area contributed by atoms with Crippen LogP contribution in [0.2, 0.25) is 0 Å². The molecule has 6 nitrogen and oxygen atoms in total. The first-order valence-corrected chi connectivity index (χ1v) is 3.78. The van der Waals surface area contributed by atoms with Gasteiger partial charge >= 0.3 is 5.69 Å². The van der Waals surface area contributed by atoms with Gasteiger partial charge in [-0.25, -0.2) is 9.89 Å². The van der Waals surface area contributed by atoms with Crippen molar-refractivity contribution in [2.45, 2.75) is 13.8 Å². The van der Waals surface area contributed by atoms with Crippen LogP contribution in [0.5, 0.6) is 0 Å². The highest BCUT2D eigenvalue weighted by molar-refractivity contribution is 5.52. The van der Waals surface area contributed by atoms with Gasteiger partial charge in [-0.3, -0.25) is 9.89 Å². The number of aryl methyl sites for hydroxylation is 2. The molecule has 0 radical (unpaired) electrons. The fraction of sp³-hybridized carbons (Fsp3) is 0.286. The number of hydrogen-bond acceptors (Lipinski definition) is 3. The summed E-state index contributed by atoms with van der Waals surface area (Å²) >= 11 is 0.